The first-order valence-corrected chi connectivity index (χ1v) is 7.56. The molecule has 3 rings (SSSR count). The van der Waals surface area contributed by atoms with E-state index in [9.17, 15) is 9.59 Å². The Kier molecular flexibility index (Phi) is 3.84. The number of ether oxygens (including phenoxy) is 1. The molecule has 1 amide bonds. The molecule has 2 aromatic rings. The van der Waals surface area contributed by atoms with Crippen molar-refractivity contribution in [2.24, 2.45) is 0 Å². The van der Waals surface area contributed by atoms with Crippen LogP contribution >= 0.6 is 0 Å². The van der Waals surface area contributed by atoms with Crippen LogP contribution in [0.3, 0.4) is 0 Å². The Hall–Kier alpha value is -3.09. The second kappa shape index (κ2) is 5.84. The van der Waals surface area contributed by atoms with E-state index >= 15 is 0 Å². The Balaban J connectivity index is 2.00. The summed E-state index contributed by atoms with van der Waals surface area (Å²) in [5.41, 5.74) is 7.65. The summed E-state index contributed by atoms with van der Waals surface area (Å²) in [7, 11) is 0. The zero-order valence-corrected chi connectivity index (χ0v) is 13.4. The minimum Gasteiger partial charge on any atom is -0.465 e. The summed E-state index contributed by atoms with van der Waals surface area (Å²) in [5.74, 6) is -1.01. The largest absolute Gasteiger partial charge is 0.465 e. The summed E-state index contributed by atoms with van der Waals surface area (Å²) >= 11 is 0. The van der Waals surface area contributed by atoms with Crippen molar-refractivity contribution < 1.29 is 14.3 Å². The molecule has 1 unspecified atom stereocenters. The maximum atomic E-state index is 12.4. The zero-order chi connectivity index (χ0) is 17.3. The highest BCUT2D eigenvalue weighted by atomic mass is 16.5. The number of rotatable bonds is 4. The first kappa shape index (κ1) is 15.8. The van der Waals surface area contributed by atoms with Crippen molar-refractivity contribution in [2.75, 3.05) is 23.0 Å². The number of nitrogens with zero attached hydrogens (tertiary/aromatic N) is 1. The highest BCUT2D eigenvalue weighted by Gasteiger charge is 2.50. The van der Waals surface area contributed by atoms with Gasteiger partial charge in [-0.05, 0) is 38.1 Å². The van der Waals surface area contributed by atoms with E-state index in [1.54, 1.807) is 50.5 Å². The van der Waals surface area contributed by atoms with E-state index in [0.29, 0.717) is 22.6 Å². The Labute approximate surface area is 139 Å². The van der Waals surface area contributed by atoms with Crippen molar-refractivity contribution in [1.82, 2.24) is 4.98 Å². The van der Waals surface area contributed by atoms with Gasteiger partial charge in [-0.3, -0.25) is 14.6 Å². The lowest BCUT2D eigenvalue weighted by molar-refractivity contribution is -0.152. The summed E-state index contributed by atoms with van der Waals surface area (Å²) in [6.07, 6.45) is 3.32. The summed E-state index contributed by atoms with van der Waals surface area (Å²) in [5, 5.41) is 5.90. The number of pyridine rings is 1. The van der Waals surface area contributed by atoms with Crippen LogP contribution in [0.25, 0.3) is 0 Å². The lowest BCUT2D eigenvalue weighted by atomic mass is 9.83. The highest BCUT2D eigenvalue weighted by Crippen LogP contribution is 2.42. The van der Waals surface area contributed by atoms with Crippen LogP contribution in [-0.2, 0) is 19.7 Å². The molecule has 0 saturated carbocycles. The van der Waals surface area contributed by atoms with Crippen LogP contribution in [0.5, 0.6) is 0 Å². The van der Waals surface area contributed by atoms with Crippen molar-refractivity contribution in [3.8, 4) is 0 Å². The Morgan fingerprint density at radius 1 is 1.38 bits per heavy atom. The number of benzene rings is 1. The number of amides is 1. The minimum absolute atomic E-state index is 0.203. The van der Waals surface area contributed by atoms with Gasteiger partial charge in [0, 0.05) is 29.3 Å². The molecule has 7 heteroatoms. The molecule has 1 aliphatic rings. The predicted octanol–water partition coefficient (Wildman–Crippen LogP) is 2.18. The van der Waals surface area contributed by atoms with Crippen molar-refractivity contribution >= 4 is 34.6 Å². The number of hydrogen-bond acceptors (Lipinski definition) is 6. The maximum Gasteiger partial charge on any atom is 0.326 e. The molecule has 0 saturated heterocycles. The number of carbonyl (C=O) groups excluding carboxylic acids is 2. The number of aromatic nitrogens is 1. The molecule has 1 aliphatic heterocycles. The Bertz CT molecular complexity index is 807. The first-order valence-electron chi connectivity index (χ1n) is 7.56. The highest BCUT2D eigenvalue weighted by molar-refractivity contribution is 6.19. The second-order valence-corrected chi connectivity index (χ2v) is 5.65. The normalized spacial score (nSPS) is 18.7. The van der Waals surface area contributed by atoms with Crippen LogP contribution in [0.2, 0.25) is 0 Å². The average molecular weight is 326 g/mol. The molecule has 0 radical (unpaired) electrons. The van der Waals surface area contributed by atoms with Crippen molar-refractivity contribution in [3.63, 3.8) is 0 Å². The summed E-state index contributed by atoms with van der Waals surface area (Å²) < 4.78 is 5.06. The molecule has 24 heavy (non-hydrogen) atoms. The number of esters is 1. The number of anilines is 4. The summed E-state index contributed by atoms with van der Waals surface area (Å²) in [6.45, 7) is 3.45. The fraction of sp³-hybridized carbons (Fsp3) is 0.235. The number of nitrogen functional groups attached to an aromatic ring is 1. The lowest BCUT2D eigenvalue weighted by Gasteiger charge is -2.20. The van der Waals surface area contributed by atoms with Gasteiger partial charge in [-0.2, -0.15) is 0 Å². The monoisotopic (exact) mass is 326 g/mol. The van der Waals surface area contributed by atoms with Gasteiger partial charge in [0.15, 0.2) is 5.41 Å². The molecule has 124 valence electrons. The van der Waals surface area contributed by atoms with E-state index in [1.807, 2.05) is 0 Å². The van der Waals surface area contributed by atoms with Crippen LogP contribution in [0.4, 0.5) is 22.7 Å². The van der Waals surface area contributed by atoms with Gasteiger partial charge in [0.1, 0.15) is 0 Å². The SMILES string of the molecule is CCOC(=O)C1(C)C(=O)Nc2cc(Nc3ccncc3)c(N)cc21. The third-order valence-corrected chi connectivity index (χ3v) is 4.07. The molecule has 7 nitrogen and oxygen atoms in total. The molecule has 0 spiro atoms. The van der Waals surface area contributed by atoms with Gasteiger partial charge in [-0.25, -0.2) is 0 Å². The van der Waals surface area contributed by atoms with Crippen LogP contribution in [0, 0.1) is 0 Å². The van der Waals surface area contributed by atoms with E-state index in [1.165, 1.54) is 0 Å². The molecule has 1 atom stereocenters. The quantitative estimate of drug-likeness (QED) is 0.452. The molecule has 4 N–H and O–H groups in total. The Morgan fingerprint density at radius 3 is 2.75 bits per heavy atom. The van der Waals surface area contributed by atoms with Crippen LogP contribution in [0.15, 0.2) is 36.7 Å². The minimum atomic E-state index is -1.39. The van der Waals surface area contributed by atoms with Crippen molar-refractivity contribution in [3.05, 3.63) is 42.2 Å². The van der Waals surface area contributed by atoms with E-state index < -0.39 is 17.3 Å². The fourth-order valence-electron chi connectivity index (χ4n) is 2.68. The second-order valence-electron chi connectivity index (χ2n) is 5.65. The molecular formula is C17H18N4O3. The first-order chi connectivity index (χ1) is 11.5. The predicted molar refractivity (Wildman–Crippen MR) is 91.0 cm³/mol. The standard InChI is InChI=1S/C17H18N4O3/c1-3-24-16(23)17(2)11-8-12(18)14(9-13(11)21-15(17)22)20-10-4-6-19-7-5-10/h4-9H,3,18H2,1-2H3,(H,19,20)(H,21,22). The molecule has 0 aliphatic carbocycles. The van der Waals surface area contributed by atoms with Gasteiger partial charge in [0.05, 0.1) is 18.0 Å². The van der Waals surface area contributed by atoms with Gasteiger partial charge in [-0.15, -0.1) is 0 Å². The molecular weight excluding hydrogens is 308 g/mol. The number of fused-ring (bicyclic) bond motifs is 1. The van der Waals surface area contributed by atoms with Gasteiger partial charge < -0.3 is 21.1 Å². The number of nitrogens with one attached hydrogen (secondary N) is 2. The third kappa shape index (κ3) is 2.44. The molecule has 2 heterocycles. The van der Waals surface area contributed by atoms with Crippen molar-refractivity contribution in [2.45, 2.75) is 19.3 Å². The number of nitrogens with two attached hydrogens (primary N) is 1. The number of carbonyl (C=O) groups is 2. The molecule has 0 bridgehead atoms. The summed E-state index contributed by atoms with van der Waals surface area (Å²) in [4.78, 5) is 28.6. The third-order valence-electron chi connectivity index (χ3n) is 4.07. The molecule has 1 aromatic heterocycles. The van der Waals surface area contributed by atoms with Crippen LogP contribution in [-0.4, -0.2) is 23.5 Å². The van der Waals surface area contributed by atoms with E-state index in [-0.39, 0.29) is 6.61 Å². The van der Waals surface area contributed by atoms with Gasteiger partial charge in [-0.1, -0.05) is 0 Å². The lowest BCUT2D eigenvalue weighted by Crippen LogP contribution is -2.40. The van der Waals surface area contributed by atoms with Crippen LogP contribution in [0.1, 0.15) is 19.4 Å². The zero-order valence-electron chi connectivity index (χ0n) is 13.4. The van der Waals surface area contributed by atoms with Crippen molar-refractivity contribution in [1.29, 1.82) is 0 Å². The molecule has 0 fully saturated rings. The maximum absolute atomic E-state index is 12.4. The van der Waals surface area contributed by atoms with Crippen LogP contribution < -0.4 is 16.4 Å². The average Bonchev–Trinajstić information content (AvgIpc) is 2.81. The van der Waals surface area contributed by atoms with Gasteiger partial charge in [0.25, 0.3) is 0 Å². The van der Waals surface area contributed by atoms with E-state index in [4.69, 9.17) is 10.5 Å². The summed E-state index contributed by atoms with van der Waals surface area (Å²) in [6, 6.07) is 6.95. The van der Waals surface area contributed by atoms with Gasteiger partial charge in [0.2, 0.25) is 5.91 Å². The van der Waals surface area contributed by atoms with E-state index in [0.717, 1.165) is 5.69 Å². The number of hydrogen-bond donors (Lipinski definition) is 3. The van der Waals surface area contributed by atoms with E-state index in [2.05, 4.69) is 15.6 Å². The molecule has 1 aromatic carbocycles. The smallest absolute Gasteiger partial charge is 0.326 e. The van der Waals surface area contributed by atoms with Gasteiger partial charge >= 0.3 is 5.97 Å². The fourth-order valence-corrected chi connectivity index (χ4v) is 2.68. The Morgan fingerprint density at radius 2 is 2.08 bits per heavy atom. The topological polar surface area (TPSA) is 106 Å².